The van der Waals surface area contributed by atoms with Gasteiger partial charge in [0.1, 0.15) is 5.82 Å². The third-order valence-corrected chi connectivity index (χ3v) is 4.29. The molecule has 1 amide bonds. The Bertz CT molecular complexity index is 694. The summed E-state index contributed by atoms with van der Waals surface area (Å²) in [5.74, 6) is -0.878. The van der Waals surface area contributed by atoms with E-state index in [2.05, 4.69) is 5.32 Å². The average Bonchev–Trinajstić information content (AvgIpc) is 2.49. The lowest BCUT2D eigenvalue weighted by Gasteiger charge is -2.18. The molecule has 2 rings (SSSR count). The molecule has 2 atom stereocenters. The van der Waals surface area contributed by atoms with Crippen LogP contribution in [0.5, 0.6) is 0 Å². The van der Waals surface area contributed by atoms with Crippen LogP contribution in [-0.4, -0.2) is 22.1 Å². The summed E-state index contributed by atoms with van der Waals surface area (Å²) >= 11 is 5.83. The normalized spacial score (nSPS) is 13.4. The Kier molecular flexibility index (Phi) is 5.69. The Hall–Kier alpha value is -1.72. The summed E-state index contributed by atoms with van der Waals surface area (Å²) in [5.41, 5.74) is 0.892. The van der Waals surface area contributed by atoms with Gasteiger partial charge in [0.05, 0.1) is 16.6 Å². The highest BCUT2D eigenvalue weighted by Crippen LogP contribution is 2.21. The number of hydrogen-bond donors (Lipinski definition) is 1. The van der Waals surface area contributed by atoms with E-state index in [0.717, 1.165) is 5.56 Å². The molecular formula is C16H15ClFNO2S. The quantitative estimate of drug-likeness (QED) is 0.908. The lowest BCUT2D eigenvalue weighted by atomic mass is 10.1. The molecule has 0 saturated carbocycles. The molecule has 0 spiro atoms. The van der Waals surface area contributed by atoms with E-state index < -0.39 is 28.6 Å². The maximum absolute atomic E-state index is 13.4. The lowest BCUT2D eigenvalue weighted by molar-refractivity contribution is 0.0940. The van der Waals surface area contributed by atoms with E-state index in [9.17, 15) is 13.4 Å². The highest BCUT2D eigenvalue weighted by atomic mass is 35.5. The Morgan fingerprint density at radius 3 is 2.55 bits per heavy atom. The number of benzene rings is 2. The highest BCUT2D eigenvalue weighted by Gasteiger charge is 2.19. The molecule has 0 heterocycles. The standard InChI is InChI=1S/C16H15ClFNO2S/c1-22(21)10-14(11-6-3-2-4-7-11)19-16(20)12-8-5-9-13(18)15(12)17/h2-9,14H,10H2,1H3,(H,19,20). The average molecular weight is 340 g/mol. The number of hydrogen-bond acceptors (Lipinski definition) is 2. The first-order chi connectivity index (χ1) is 10.5. The van der Waals surface area contributed by atoms with Gasteiger partial charge in [-0.1, -0.05) is 48.0 Å². The summed E-state index contributed by atoms with van der Waals surface area (Å²) in [6.45, 7) is 0. The number of nitrogens with one attached hydrogen (secondary N) is 1. The van der Waals surface area contributed by atoms with Gasteiger partial charge in [-0.2, -0.15) is 0 Å². The van der Waals surface area contributed by atoms with Crippen molar-refractivity contribution in [2.45, 2.75) is 6.04 Å². The molecule has 2 aromatic carbocycles. The summed E-state index contributed by atoms with van der Waals surface area (Å²) in [6, 6.07) is 12.8. The van der Waals surface area contributed by atoms with Gasteiger partial charge < -0.3 is 5.32 Å². The zero-order valence-electron chi connectivity index (χ0n) is 11.9. The van der Waals surface area contributed by atoms with Crippen LogP contribution >= 0.6 is 11.6 Å². The van der Waals surface area contributed by atoms with Crippen LogP contribution in [0.15, 0.2) is 48.5 Å². The number of halogens is 2. The first-order valence-electron chi connectivity index (χ1n) is 6.59. The number of rotatable bonds is 5. The van der Waals surface area contributed by atoms with Gasteiger partial charge in [0.2, 0.25) is 0 Å². The Morgan fingerprint density at radius 2 is 1.91 bits per heavy atom. The molecule has 2 aromatic rings. The summed E-state index contributed by atoms with van der Waals surface area (Å²) in [6.07, 6.45) is 1.57. The SMILES string of the molecule is CS(=O)CC(NC(=O)c1cccc(F)c1Cl)c1ccccc1. The first-order valence-corrected chi connectivity index (χ1v) is 8.69. The Morgan fingerprint density at radius 1 is 1.23 bits per heavy atom. The zero-order chi connectivity index (χ0) is 16.1. The monoisotopic (exact) mass is 339 g/mol. The minimum Gasteiger partial charge on any atom is -0.344 e. The van der Waals surface area contributed by atoms with Gasteiger partial charge in [-0.25, -0.2) is 4.39 Å². The fourth-order valence-corrected chi connectivity index (χ4v) is 3.01. The van der Waals surface area contributed by atoms with E-state index in [4.69, 9.17) is 11.6 Å². The fraction of sp³-hybridized carbons (Fsp3) is 0.188. The summed E-state index contributed by atoms with van der Waals surface area (Å²) in [7, 11) is -1.10. The number of carbonyl (C=O) groups excluding carboxylic acids is 1. The molecule has 3 nitrogen and oxygen atoms in total. The molecule has 0 aromatic heterocycles. The second-order valence-corrected chi connectivity index (χ2v) is 6.64. The molecule has 0 radical (unpaired) electrons. The van der Waals surface area contributed by atoms with Crippen LogP contribution in [-0.2, 0) is 10.8 Å². The van der Waals surface area contributed by atoms with Crippen molar-refractivity contribution < 1.29 is 13.4 Å². The van der Waals surface area contributed by atoms with E-state index in [1.807, 2.05) is 30.3 Å². The maximum atomic E-state index is 13.4. The Balaban J connectivity index is 2.25. The van der Waals surface area contributed by atoms with Gasteiger partial charge in [-0.05, 0) is 17.7 Å². The van der Waals surface area contributed by atoms with Gasteiger partial charge in [0.15, 0.2) is 0 Å². The molecule has 0 saturated heterocycles. The molecule has 0 fully saturated rings. The van der Waals surface area contributed by atoms with Crippen molar-refractivity contribution in [3.63, 3.8) is 0 Å². The fourth-order valence-electron chi connectivity index (χ4n) is 2.06. The van der Waals surface area contributed by atoms with Gasteiger partial charge in [0, 0.05) is 22.8 Å². The number of amides is 1. The summed E-state index contributed by atoms with van der Waals surface area (Å²) < 4.78 is 25.0. The minimum absolute atomic E-state index is 0.0597. The van der Waals surface area contributed by atoms with Gasteiger partial charge in [-0.3, -0.25) is 9.00 Å². The van der Waals surface area contributed by atoms with Crippen LogP contribution < -0.4 is 5.32 Å². The van der Waals surface area contributed by atoms with E-state index in [1.54, 1.807) is 6.26 Å². The van der Waals surface area contributed by atoms with Crippen LogP contribution in [0.2, 0.25) is 5.02 Å². The molecule has 2 unspecified atom stereocenters. The zero-order valence-corrected chi connectivity index (χ0v) is 13.5. The van der Waals surface area contributed by atoms with E-state index in [1.165, 1.54) is 18.2 Å². The summed E-state index contributed by atoms with van der Waals surface area (Å²) in [4.78, 5) is 12.3. The predicted molar refractivity (Wildman–Crippen MR) is 87.0 cm³/mol. The minimum atomic E-state index is -1.10. The van der Waals surface area contributed by atoms with Crippen LogP contribution in [0.1, 0.15) is 22.0 Å². The van der Waals surface area contributed by atoms with Crippen LogP contribution in [0, 0.1) is 5.82 Å². The highest BCUT2D eigenvalue weighted by molar-refractivity contribution is 7.84. The van der Waals surface area contributed by atoms with Crippen molar-refractivity contribution in [3.05, 3.63) is 70.5 Å². The molecule has 22 heavy (non-hydrogen) atoms. The van der Waals surface area contributed by atoms with Crippen LogP contribution in [0.25, 0.3) is 0 Å². The van der Waals surface area contributed by atoms with Gasteiger partial charge >= 0.3 is 0 Å². The van der Waals surface area contributed by atoms with E-state index in [0.29, 0.717) is 0 Å². The molecule has 0 aliphatic heterocycles. The topological polar surface area (TPSA) is 46.2 Å². The lowest BCUT2D eigenvalue weighted by Crippen LogP contribution is -2.32. The smallest absolute Gasteiger partial charge is 0.253 e. The Labute approximate surface area is 136 Å². The van der Waals surface area contributed by atoms with Crippen molar-refractivity contribution in [1.29, 1.82) is 0 Å². The second-order valence-electron chi connectivity index (χ2n) is 4.78. The van der Waals surface area contributed by atoms with Crippen molar-refractivity contribution in [2.24, 2.45) is 0 Å². The first kappa shape index (κ1) is 16.6. The molecule has 1 N–H and O–H groups in total. The third kappa shape index (κ3) is 4.15. The largest absolute Gasteiger partial charge is 0.344 e. The molecule has 0 bridgehead atoms. The van der Waals surface area contributed by atoms with Crippen LogP contribution in [0.4, 0.5) is 4.39 Å². The molecule has 6 heteroatoms. The number of carbonyl (C=O) groups is 1. The predicted octanol–water partition coefficient (Wildman–Crippen LogP) is 3.33. The van der Waals surface area contributed by atoms with Crippen LogP contribution in [0.3, 0.4) is 0 Å². The molecule has 0 aliphatic carbocycles. The van der Waals surface area contributed by atoms with Crippen molar-refractivity contribution in [1.82, 2.24) is 5.32 Å². The molecular weight excluding hydrogens is 325 g/mol. The summed E-state index contributed by atoms with van der Waals surface area (Å²) in [5, 5.41) is 2.55. The van der Waals surface area contributed by atoms with Gasteiger partial charge in [-0.15, -0.1) is 0 Å². The van der Waals surface area contributed by atoms with E-state index in [-0.39, 0.29) is 16.3 Å². The van der Waals surface area contributed by atoms with Gasteiger partial charge in [0.25, 0.3) is 5.91 Å². The van der Waals surface area contributed by atoms with Crippen molar-refractivity contribution in [2.75, 3.05) is 12.0 Å². The van der Waals surface area contributed by atoms with Crippen molar-refractivity contribution in [3.8, 4) is 0 Å². The second kappa shape index (κ2) is 7.51. The maximum Gasteiger partial charge on any atom is 0.253 e. The van der Waals surface area contributed by atoms with Crippen molar-refractivity contribution >= 4 is 28.3 Å². The molecule has 0 aliphatic rings. The molecule has 116 valence electrons. The third-order valence-electron chi connectivity index (χ3n) is 3.10. The van der Waals surface area contributed by atoms with E-state index >= 15 is 0 Å².